The molecule has 0 saturated carbocycles. The van der Waals surface area contributed by atoms with Crippen molar-refractivity contribution in [3.05, 3.63) is 42.4 Å². The molecule has 0 saturated heterocycles. The Morgan fingerprint density at radius 2 is 1.31 bits per heavy atom. The molecule has 36 heavy (non-hydrogen) atoms. The van der Waals surface area contributed by atoms with E-state index in [0.29, 0.717) is 35.7 Å². The molecule has 0 bridgehead atoms. The van der Waals surface area contributed by atoms with Crippen LogP contribution >= 0.6 is 0 Å². The predicted octanol–water partition coefficient (Wildman–Crippen LogP) is 8.45. The summed E-state index contributed by atoms with van der Waals surface area (Å²) in [5.74, 6) is -0.640. The highest BCUT2D eigenvalue weighted by atomic mass is 19.1. The van der Waals surface area contributed by atoms with E-state index in [2.05, 4.69) is 28.8 Å². The molecule has 2 heterocycles. The van der Waals surface area contributed by atoms with Gasteiger partial charge in [-0.2, -0.15) is 9.37 Å². The van der Waals surface area contributed by atoms with Crippen LogP contribution in [-0.2, 0) is 0 Å². The molecule has 3 rings (SSSR count). The van der Waals surface area contributed by atoms with E-state index >= 15 is 0 Å². The van der Waals surface area contributed by atoms with Crippen LogP contribution in [-0.4, -0.2) is 28.2 Å². The highest BCUT2D eigenvalue weighted by molar-refractivity contribution is 5.97. The van der Waals surface area contributed by atoms with Crippen molar-refractivity contribution in [1.82, 2.24) is 15.0 Å². The first-order valence-electron chi connectivity index (χ1n) is 13.5. The van der Waals surface area contributed by atoms with Crippen LogP contribution in [0.15, 0.2) is 30.6 Å². The Balaban J connectivity index is 1.71. The number of halogens is 2. The monoisotopic (exact) mass is 499 g/mol. The van der Waals surface area contributed by atoms with Gasteiger partial charge in [0.1, 0.15) is 5.82 Å². The van der Waals surface area contributed by atoms with E-state index in [1.165, 1.54) is 57.1 Å². The first-order valence-corrected chi connectivity index (χ1v) is 13.5. The molecule has 7 heteroatoms. The molecule has 0 aliphatic rings. The van der Waals surface area contributed by atoms with Crippen molar-refractivity contribution in [3.8, 4) is 23.0 Å². The molecular weight excluding hydrogens is 460 g/mol. The van der Waals surface area contributed by atoms with E-state index < -0.39 is 11.8 Å². The molecule has 5 nitrogen and oxygen atoms in total. The number of unbranched alkanes of at least 4 members (excludes halogenated alkanes) is 10. The molecule has 0 aliphatic heterocycles. The van der Waals surface area contributed by atoms with Gasteiger partial charge in [-0.1, -0.05) is 90.2 Å². The van der Waals surface area contributed by atoms with Crippen LogP contribution in [0.1, 0.15) is 90.9 Å². The molecule has 1 aromatic carbocycles. The Hall–Kier alpha value is -2.83. The lowest BCUT2D eigenvalue weighted by atomic mass is 10.1. The van der Waals surface area contributed by atoms with Crippen LogP contribution in [0.3, 0.4) is 0 Å². The number of rotatable bonds is 17. The van der Waals surface area contributed by atoms with Crippen LogP contribution in [0.2, 0.25) is 0 Å². The Kier molecular flexibility index (Phi) is 11.8. The van der Waals surface area contributed by atoms with Gasteiger partial charge in [-0.15, -0.1) is 0 Å². The van der Waals surface area contributed by atoms with Gasteiger partial charge in [0.15, 0.2) is 11.6 Å². The summed E-state index contributed by atoms with van der Waals surface area (Å²) in [5.41, 5.74) is 0.388. The summed E-state index contributed by atoms with van der Waals surface area (Å²) in [5, 5.41) is 0.146. The number of hydrogen-bond donors (Lipinski definition) is 0. The lowest BCUT2D eigenvalue weighted by Crippen LogP contribution is -2.05. The lowest BCUT2D eigenvalue weighted by Gasteiger charge is -2.14. The van der Waals surface area contributed by atoms with Crippen molar-refractivity contribution in [3.63, 3.8) is 0 Å². The number of nitrogens with zero attached hydrogens (tertiary/aromatic N) is 3. The molecule has 0 aliphatic carbocycles. The Labute approximate surface area is 213 Å². The van der Waals surface area contributed by atoms with E-state index in [4.69, 9.17) is 9.47 Å². The summed E-state index contributed by atoms with van der Waals surface area (Å²) in [6.45, 7) is 5.39. The van der Waals surface area contributed by atoms with E-state index in [1.54, 1.807) is 18.5 Å². The highest BCUT2D eigenvalue weighted by Crippen LogP contribution is 2.36. The fourth-order valence-corrected chi connectivity index (χ4v) is 4.22. The van der Waals surface area contributed by atoms with Crippen molar-refractivity contribution < 1.29 is 18.3 Å². The van der Waals surface area contributed by atoms with Gasteiger partial charge in [0, 0.05) is 5.39 Å². The number of ether oxygens (including phenoxy) is 2. The Bertz CT molecular complexity index is 1060. The van der Waals surface area contributed by atoms with Gasteiger partial charge in [0.25, 0.3) is 0 Å². The van der Waals surface area contributed by atoms with Crippen LogP contribution in [0.5, 0.6) is 11.6 Å². The molecule has 0 radical (unpaired) electrons. The molecule has 0 fully saturated rings. The second kappa shape index (κ2) is 15.3. The average molecular weight is 500 g/mol. The summed E-state index contributed by atoms with van der Waals surface area (Å²) in [6.07, 6.45) is 16.9. The minimum Gasteiger partial charge on any atom is -0.490 e. The summed E-state index contributed by atoms with van der Waals surface area (Å²) >= 11 is 0. The largest absolute Gasteiger partial charge is 0.490 e. The maximum Gasteiger partial charge on any atom is 0.227 e. The molecule has 0 N–H and O–H groups in total. The molecule has 2 aromatic heterocycles. The van der Waals surface area contributed by atoms with Crippen molar-refractivity contribution in [2.75, 3.05) is 13.2 Å². The van der Waals surface area contributed by atoms with Gasteiger partial charge in [-0.25, -0.2) is 14.4 Å². The van der Waals surface area contributed by atoms with Gasteiger partial charge in [-0.3, -0.25) is 0 Å². The average Bonchev–Trinajstić information content (AvgIpc) is 2.88. The minimum atomic E-state index is -0.899. The summed E-state index contributed by atoms with van der Waals surface area (Å²) < 4.78 is 40.9. The molecule has 0 unspecified atom stereocenters. The van der Waals surface area contributed by atoms with Crippen LogP contribution in [0.25, 0.3) is 22.2 Å². The fourth-order valence-electron chi connectivity index (χ4n) is 4.22. The number of benzene rings is 1. The van der Waals surface area contributed by atoms with E-state index in [0.717, 1.165) is 32.1 Å². The fraction of sp³-hybridized carbons (Fsp3) is 0.552. The summed E-state index contributed by atoms with van der Waals surface area (Å²) in [7, 11) is 0. The molecule has 3 aromatic rings. The minimum absolute atomic E-state index is 0.0832. The topological polar surface area (TPSA) is 57.1 Å². The van der Waals surface area contributed by atoms with Crippen molar-refractivity contribution in [1.29, 1.82) is 0 Å². The summed E-state index contributed by atoms with van der Waals surface area (Å²) in [6, 6.07) is 4.40. The van der Waals surface area contributed by atoms with Gasteiger partial charge < -0.3 is 9.47 Å². The van der Waals surface area contributed by atoms with Crippen molar-refractivity contribution in [2.24, 2.45) is 0 Å². The molecule has 0 amide bonds. The third-order valence-corrected chi connectivity index (χ3v) is 6.26. The van der Waals surface area contributed by atoms with Crippen LogP contribution in [0.4, 0.5) is 8.78 Å². The zero-order chi connectivity index (χ0) is 25.6. The molecule has 0 atom stereocenters. The second-order valence-electron chi connectivity index (χ2n) is 9.22. The number of aromatic nitrogens is 3. The Morgan fingerprint density at radius 1 is 0.722 bits per heavy atom. The Morgan fingerprint density at radius 3 is 1.94 bits per heavy atom. The number of hydrogen-bond acceptors (Lipinski definition) is 5. The maximum absolute atomic E-state index is 14.8. The van der Waals surface area contributed by atoms with Crippen molar-refractivity contribution in [2.45, 2.75) is 90.9 Å². The standard InChI is InChI=1S/C29H39F2N3O2/c1-3-5-7-9-11-13-18-35-22-20-32-28(33-21-22)26-23-16-15-17-24(30)25(23)27(31)34-29(26)36-19-14-12-10-8-6-4-2/h15-17,20-21H,3-14,18-19H2,1-2H3. The molecule has 0 spiro atoms. The van der Waals surface area contributed by atoms with E-state index in [-0.39, 0.29) is 11.3 Å². The van der Waals surface area contributed by atoms with Crippen LogP contribution in [0, 0.1) is 11.8 Å². The SMILES string of the molecule is CCCCCCCCOc1cnc(-c2c(OCCCCCCCC)nc(F)c3c(F)cccc23)nc1. The zero-order valence-corrected chi connectivity index (χ0v) is 21.7. The van der Waals surface area contributed by atoms with Crippen molar-refractivity contribution >= 4 is 10.8 Å². The number of fused-ring (bicyclic) bond motifs is 1. The van der Waals surface area contributed by atoms with Gasteiger partial charge in [0.2, 0.25) is 11.8 Å². The van der Waals surface area contributed by atoms with E-state index in [1.807, 2.05) is 0 Å². The quantitative estimate of drug-likeness (QED) is 0.138. The third-order valence-electron chi connectivity index (χ3n) is 6.26. The van der Waals surface area contributed by atoms with Gasteiger partial charge in [-0.05, 0) is 18.9 Å². The first-order chi connectivity index (χ1) is 17.7. The second-order valence-corrected chi connectivity index (χ2v) is 9.22. The van der Waals surface area contributed by atoms with E-state index in [9.17, 15) is 8.78 Å². The van der Waals surface area contributed by atoms with Gasteiger partial charge >= 0.3 is 0 Å². The van der Waals surface area contributed by atoms with Crippen LogP contribution < -0.4 is 9.47 Å². The normalized spacial score (nSPS) is 11.2. The molecule has 196 valence electrons. The third kappa shape index (κ3) is 8.10. The zero-order valence-electron chi connectivity index (χ0n) is 21.7. The maximum atomic E-state index is 14.8. The number of pyridine rings is 1. The van der Waals surface area contributed by atoms with Gasteiger partial charge in [0.05, 0.1) is 36.6 Å². The molecular formula is C29H39F2N3O2. The first kappa shape index (κ1) is 27.8. The lowest BCUT2D eigenvalue weighted by molar-refractivity contribution is 0.290. The predicted molar refractivity (Wildman–Crippen MR) is 140 cm³/mol. The summed E-state index contributed by atoms with van der Waals surface area (Å²) in [4.78, 5) is 12.8. The smallest absolute Gasteiger partial charge is 0.227 e. The highest BCUT2D eigenvalue weighted by Gasteiger charge is 2.21.